The Bertz CT molecular complexity index is 520. The molecule has 0 saturated carbocycles. The van der Waals surface area contributed by atoms with Gasteiger partial charge in [-0.2, -0.15) is 0 Å². The molecule has 2 fully saturated rings. The van der Waals surface area contributed by atoms with Crippen LogP contribution in [0.5, 0.6) is 0 Å². The third kappa shape index (κ3) is 3.69. The minimum atomic E-state index is 0.352. The predicted octanol–water partition coefficient (Wildman–Crippen LogP) is 2.72. The highest BCUT2D eigenvalue weighted by Crippen LogP contribution is 2.34. The fourth-order valence-corrected chi connectivity index (χ4v) is 3.30. The molecule has 0 aromatic heterocycles. The van der Waals surface area contributed by atoms with Crippen LogP contribution in [0.2, 0.25) is 5.02 Å². The van der Waals surface area contributed by atoms with E-state index >= 15 is 0 Å². The Labute approximate surface area is 130 Å². The van der Waals surface area contributed by atoms with E-state index in [0.29, 0.717) is 24.8 Å². The van der Waals surface area contributed by atoms with Crippen LogP contribution in [0, 0.1) is 0 Å². The Hall–Kier alpha value is -1.26. The first kappa shape index (κ1) is 14.7. The number of rotatable bonds is 4. The number of benzene rings is 1. The normalized spacial score (nSPS) is 27.9. The van der Waals surface area contributed by atoms with Crippen LogP contribution in [-0.2, 0) is 11.3 Å². The Morgan fingerprint density at radius 2 is 2.33 bits per heavy atom. The van der Waals surface area contributed by atoms with Crippen LogP contribution >= 0.6 is 11.6 Å². The molecule has 0 aliphatic carbocycles. The van der Waals surface area contributed by atoms with Crippen molar-refractivity contribution >= 4 is 17.6 Å². The largest absolute Gasteiger partial charge is 0.373 e. The van der Waals surface area contributed by atoms with Crippen LogP contribution in [-0.4, -0.2) is 30.8 Å². The molecular formula is C16H22ClN3O. The zero-order valence-electron chi connectivity index (χ0n) is 12.3. The number of nitrogens with zero attached hydrogens (tertiary/aromatic N) is 1. The summed E-state index contributed by atoms with van der Waals surface area (Å²) in [4.78, 5) is 4.65. The van der Waals surface area contributed by atoms with Gasteiger partial charge in [0.25, 0.3) is 0 Å². The van der Waals surface area contributed by atoms with Gasteiger partial charge in [-0.15, -0.1) is 0 Å². The SMILES string of the molecule is CCNC(=NCc1cccc(Cl)c1)NC1CC2CCC1O2. The van der Waals surface area contributed by atoms with Gasteiger partial charge in [0, 0.05) is 11.6 Å². The molecule has 3 rings (SSSR count). The van der Waals surface area contributed by atoms with Crippen molar-refractivity contribution in [1.82, 2.24) is 10.6 Å². The summed E-state index contributed by atoms with van der Waals surface area (Å²) >= 11 is 6.01. The van der Waals surface area contributed by atoms with Gasteiger partial charge in [-0.25, -0.2) is 4.99 Å². The van der Waals surface area contributed by atoms with E-state index in [0.717, 1.165) is 35.9 Å². The van der Waals surface area contributed by atoms with Gasteiger partial charge in [-0.1, -0.05) is 23.7 Å². The quantitative estimate of drug-likeness (QED) is 0.664. The van der Waals surface area contributed by atoms with Crippen molar-refractivity contribution in [3.8, 4) is 0 Å². The first-order valence-electron chi connectivity index (χ1n) is 7.69. The molecule has 0 amide bonds. The number of halogens is 1. The third-order valence-electron chi connectivity index (χ3n) is 4.08. The van der Waals surface area contributed by atoms with Crippen LogP contribution in [0.3, 0.4) is 0 Å². The molecule has 21 heavy (non-hydrogen) atoms. The summed E-state index contributed by atoms with van der Waals surface area (Å²) in [5.41, 5.74) is 1.11. The molecule has 3 atom stereocenters. The molecule has 2 aliphatic rings. The van der Waals surface area contributed by atoms with Crippen molar-refractivity contribution < 1.29 is 4.74 Å². The molecule has 2 N–H and O–H groups in total. The Balaban J connectivity index is 1.62. The minimum absolute atomic E-state index is 0.352. The minimum Gasteiger partial charge on any atom is -0.373 e. The van der Waals surface area contributed by atoms with Gasteiger partial charge < -0.3 is 15.4 Å². The zero-order valence-corrected chi connectivity index (χ0v) is 13.1. The molecule has 2 bridgehead atoms. The molecule has 2 saturated heterocycles. The third-order valence-corrected chi connectivity index (χ3v) is 4.32. The van der Waals surface area contributed by atoms with Crippen LogP contribution in [0.25, 0.3) is 0 Å². The monoisotopic (exact) mass is 307 g/mol. The fraction of sp³-hybridized carbons (Fsp3) is 0.562. The summed E-state index contributed by atoms with van der Waals surface area (Å²) in [5, 5.41) is 7.57. The summed E-state index contributed by atoms with van der Waals surface area (Å²) in [6.07, 6.45) is 4.26. The van der Waals surface area contributed by atoms with E-state index in [-0.39, 0.29) is 0 Å². The summed E-state index contributed by atoms with van der Waals surface area (Å²) in [7, 11) is 0. The lowest BCUT2D eigenvalue weighted by molar-refractivity contribution is 0.0992. The van der Waals surface area contributed by atoms with Crippen molar-refractivity contribution in [2.24, 2.45) is 4.99 Å². The smallest absolute Gasteiger partial charge is 0.191 e. The maximum absolute atomic E-state index is 6.01. The van der Waals surface area contributed by atoms with Crippen LogP contribution < -0.4 is 10.6 Å². The van der Waals surface area contributed by atoms with Gasteiger partial charge in [0.2, 0.25) is 0 Å². The van der Waals surface area contributed by atoms with E-state index in [1.54, 1.807) is 0 Å². The second-order valence-electron chi connectivity index (χ2n) is 5.69. The van der Waals surface area contributed by atoms with E-state index in [9.17, 15) is 0 Å². The molecular weight excluding hydrogens is 286 g/mol. The lowest BCUT2D eigenvalue weighted by Gasteiger charge is -2.22. The van der Waals surface area contributed by atoms with Crippen LogP contribution in [0.4, 0.5) is 0 Å². The molecule has 114 valence electrons. The molecule has 2 heterocycles. The maximum atomic E-state index is 6.01. The van der Waals surface area contributed by atoms with Crippen molar-refractivity contribution in [2.75, 3.05) is 6.54 Å². The fourth-order valence-electron chi connectivity index (χ4n) is 3.09. The first-order valence-corrected chi connectivity index (χ1v) is 8.07. The first-order chi connectivity index (χ1) is 10.2. The predicted molar refractivity (Wildman–Crippen MR) is 85.7 cm³/mol. The van der Waals surface area contributed by atoms with Gasteiger partial charge >= 0.3 is 0 Å². The van der Waals surface area contributed by atoms with Crippen molar-refractivity contribution in [1.29, 1.82) is 0 Å². The number of guanidine groups is 1. The maximum Gasteiger partial charge on any atom is 0.191 e. The number of hydrogen-bond acceptors (Lipinski definition) is 2. The highest BCUT2D eigenvalue weighted by atomic mass is 35.5. The Morgan fingerprint density at radius 1 is 1.43 bits per heavy atom. The number of fused-ring (bicyclic) bond motifs is 2. The summed E-state index contributed by atoms with van der Waals surface area (Å²) < 4.78 is 5.88. The van der Waals surface area contributed by atoms with Crippen molar-refractivity contribution in [3.05, 3.63) is 34.9 Å². The molecule has 2 aliphatic heterocycles. The van der Waals surface area contributed by atoms with Crippen LogP contribution in [0.15, 0.2) is 29.3 Å². The topological polar surface area (TPSA) is 45.7 Å². The summed E-state index contributed by atoms with van der Waals surface area (Å²) in [6, 6.07) is 8.22. The van der Waals surface area contributed by atoms with E-state index in [4.69, 9.17) is 16.3 Å². The second kappa shape index (κ2) is 6.67. The zero-order chi connectivity index (χ0) is 14.7. The summed E-state index contributed by atoms with van der Waals surface area (Å²) in [6.45, 7) is 3.55. The number of ether oxygens (including phenoxy) is 1. The molecule has 3 unspecified atom stereocenters. The van der Waals surface area contributed by atoms with E-state index in [2.05, 4.69) is 22.5 Å². The molecule has 1 aromatic rings. The van der Waals surface area contributed by atoms with Gasteiger partial charge in [0.1, 0.15) is 0 Å². The Morgan fingerprint density at radius 3 is 3.00 bits per heavy atom. The average molecular weight is 308 g/mol. The van der Waals surface area contributed by atoms with Gasteiger partial charge in [0.05, 0.1) is 24.8 Å². The lowest BCUT2D eigenvalue weighted by atomic mass is 9.96. The molecule has 0 radical (unpaired) electrons. The molecule has 0 spiro atoms. The second-order valence-corrected chi connectivity index (χ2v) is 6.12. The summed E-state index contributed by atoms with van der Waals surface area (Å²) in [5.74, 6) is 0.860. The number of hydrogen-bond donors (Lipinski definition) is 2. The lowest BCUT2D eigenvalue weighted by Crippen LogP contribution is -2.47. The van der Waals surface area contributed by atoms with E-state index < -0.39 is 0 Å². The number of nitrogens with one attached hydrogen (secondary N) is 2. The van der Waals surface area contributed by atoms with Gasteiger partial charge in [0.15, 0.2) is 5.96 Å². The van der Waals surface area contributed by atoms with Crippen LogP contribution in [0.1, 0.15) is 31.7 Å². The van der Waals surface area contributed by atoms with Crippen molar-refractivity contribution in [3.63, 3.8) is 0 Å². The molecule has 5 heteroatoms. The van der Waals surface area contributed by atoms with E-state index in [1.165, 1.54) is 6.42 Å². The standard InChI is InChI=1S/C16H22ClN3O/c1-2-18-16(19-10-11-4-3-5-12(17)8-11)20-14-9-13-6-7-15(14)21-13/h3-5,8,13-15H,2,6-7,9-10H2,1H3,(H2,18,19,20). The van der Waals surface area contributed by atoms with E-state index in [1.807, 2.05) is 24.3 Å². The Kier molecular flexibility index (Phi) is 4.66. The van der Waals surface area contributed by atoms with Crippen molar-refractivity contribution in [2.45, 2.75) is 51.0 Å². The molecule has 4 nitrogen and oxygen atoms in total. The number of aliphatic imine (C=N–C) groups is 1. The average Bonchev–Trinajstić information content (AvgIpc) is 3.08. The molecule has 1 aromatic carbocycles. The highest BCUT2D eigenvalue weighted by Gasteiger charge is 2.41. The van der Waals surface area contributed by atoms with Gasteiger partial charge in [-0.05, 0) is 43.9 Å². The van der Waals surface area contributed by atoms with Gasteiger partial charge in [-0.3, -0.25) is 0 Å². The highest BCUT2D eigenvalue weighted by molar-refractivity contribution is 6.30.